The number of nitrogens with zero attached hydrogens (tertiary/aromatic N) is 4. The molecule has 2 N–H and O–H groups in total. The van der Waals surface area contributed by atoms with E-state index in [1.807, 2.05) is 4.90 Å². The summed E-state index contributed by atoms with van der Waals surface area (Å²) >= 11 is 0. The fraction of sp³-hybridized carbons (Fsp3) is 0.759. The molecule has 1 amide bonds. The largest absolute Gasteiger partial charge is 0.479 e. The van der Waals surface area contributed by atoms with Gasteiger partial charge in [-0.2, -0.15) is 0 Å². The number of ether oxygens (including phenoxy) is 6. The second-order valence-corrected chi connectivity index (χ2v) is 11.6. The topological polar surface area (TPSA) is 259 Å². The van der Waals surface area contributed by atoms with Crippen LogP contribution in [0.2, 0.25) is 0 Å². The van der Waals surface area contributed by atoms with Gasteiger partial charge in [0.25, 0.3) is 0 Å². The number of carbonyl (C=O) groups is 7. The Morgan fingerprint density at radius 3 is 2.06 bits per heavy atom. The van der Waals surface area contributed by atoms with Crippen LogP contribution in [0.25, 0.3) is 10.4 Å². The molecule has 0 aromatic heterocycles. The van der Waals surface area contributed by atoms with Gasteiger partial charge < -0.3 is 43.7 Å². The first kappa shape index (κ1) is 39.7. The van der Waals surface area contributed by atoms with Crippen LogP contribution >= 0.6 is 0 Å². The zero-order valence-electron chi connectivity index (χ0n) is 27.8. The Balaban J connectivity index is 2.81. The molecule has 0 unspecified atom stereocenters. The van der Waals surface area contributed by atoms with Crippen molar-refractivity contribution in [3.05, 3.63) is 10.4 Å². The Morgan fingerprint density at radius 2 is 1.58 bits per heavy atom. The number of carbonyl (C=O) groups excluding carboxylic acids is 6. The van der Waals surface area contributed by atoms with Gasteiger partial charge in [0.05, 0.1) is 6.04 Å². The quantitative estimate of drug-likeness (QED) is 0.0596. The van der Waals surface area contributed by atoms with Gasteiger partial charge in [-0.3, -0.25) is 28.8 Å². The van der Waals surface area contributed by atoms with E-state index < -0.39 is 96.4 Å². The smallest absolute Gasteiger partial charge is 0.340 e. The van der Waals surface area contributed by atoms with E-state index in [1.54, 1.807) is 0 Å². The van der Waals surface area contributed by atoms with Crippen molar-refractivity contribution in [2.75, 3.05) is 32.8 Å². The van der Waals surface area contributed by atoms with Gasteiger partial charge in [-0.05, 0) is 18.5 Å². The van der Waals surface area contributed by atoms with Crippen molar-refractivity contribution in [2.45, 2.75) is 109 Å². The van der Waals surface area contributed by atoms with E-state index in [0.29, 0.717) is 13.0 Å². The third-order valence-electron chi connectivity index (χ3n) is 7.91. The number of likely N-dealkylation sites (tertiary alicyclic amines) is 1. The van der Waals surface area contributed by atoms with Crippen LogP contribution in [0.15, 0.2) is 5.11 Å². The average molecular weight is 686 g/mol. The van der Waals surface area contributed by atoms with Crippen LogP contribution in [0.5, 0.6) is 0 Å². The van der Waals surface area contributed by atoms with Gasteiger partial charge in [-0.1, -0.05) is 5.11 Å². The zero-order chi connectivity index (χ0) is 36.2. The molecule has 0 aromatic carbocycles. The lowest BCUT2D eigenvalue weighted by molar-refractivity contribution is -0.288. The third-order valence-corrected chi connectivity index (χ3v) is 7.91. The highest BCUT2D eigenvalue weighted by atomic mass is 16.6. The lowest BCUT2D eigenvalue weighted by atomic mass is 9.69. The number of hydrogen-bond donors (Lipinski definition) is 2. The molecular weight excluding hydrogens is 642 g/mol. The van der Waals surface area contributed by atoms with Crippen molar-refractivity contribution in [2.24, 2.45) is 5.11 Å². The molecule has 0 saturated carbocycles. The Labute approximate surface area is 276 Å². The van der Waals surface area contributed by atoms with Crippen molar-refractivity contribution < 1.29 is 67.1 Å². The lowest BCUT2D eigenvalue weighted by Crippen LogP contribution is -2.75. The number of nitrogens with one attached hydrogen (secondary N) is 1. The van der Waals surface area contributed by atoms with Gasteiger partial charge >= 0.3 is 35.8 Å². The van der Waals surface area contributed by atoms with E-state index in [4.69, 9.17) is 34.0 Å². The highest BCUT2D eigenvalue weighted by Crippen LogP contribution is 2.48. The van der Waals surface area contributed by atoms with E-state index in [-0.39, 0.29) is 32.5 Å². The maximum absolute atomic E-state index is 13.5. The molecule has 19 nitrogen and oxygen atoms in total. The van der Waals surface area contributed by atoms with Crippen molar-refractivity contribution in [1.82, 2.24) is 10.2 Å². The number of hydrogen-bond acceptors (Lipinski definition) is 15. The zero-order valence-corrected chi connectivity index (χ0v) is 27.8. The molecule has 2 rings (SSSR count). The van der Waals surface area contributed by atoms with Crippen molar-refractivity contribution in [3.63, 3.8) is 0 Å². The summed E-state index contributed by atoms with van der Waals surface area (Å²) in [5.74, 6) is -6.67. The number of piperidine rings is 1. The summed E-state index contributed by atoms with van der Waals surface area (Å²) in [6.07, 6.45) is -6.95. The van der Waals surface area contributed by atoms with E-state index in [9.17, 15) is 38.7 Å². The predicted molar refractivity (Wildman–Crippen MR) is 160 cm³/mol. The van der Waals surface area contributed by atoms with E-state index >= 15 is 0 Å². The first-order chi connectivity index (χ1) is 22.5. The van der Waals surface area contributed by atoms with Crippen LogP contribution in [0, 0.1) is 0 Å². The number of carboxylic acids is 1. The Kier molecular flexibility index (Phi) is 14.6. The fourth-order valence-corrected chi connectivity index (χ4v) is 6.18. The lowest BCUT2D eigenvalue weighted by Gasteiger charge is -2.56. The summed E-state index contributed by atoms with van der Waals surface area (Å²) in [7, 11) is 0. The summed E-state index contributed by atoms with van der Waals surface area (Å²) in [5, 5.41) is 17.1. The van der Waals surface area contributed by atoms with Crippen LogP contribution in [0.3, 0.4) is 0 Å². The molecule has 19 heteroatoms. The van der Waals surface area contributed by atoms with E-state index in [2.05, 4.69) is 15.3 Å². The second kappa shape index (κ2) is 17.6. The third kappa shape index (κ3) is 10.5. The van der Waals surface area contributed by atoms with Crippen LogP contribution in [0.4, 0.5) is 0 Å². The number of carboxylic acid groups (broad SMARTS) is 1. The summed E-state index contributed by atoms with van der Waals surface area (Å²) < 4.78 is 33.8. The molecular formula is C29H43N5O14. The second-order valence-electron chi connectivity index (χ2n) is 11.6. The highest BCUT2D eigenvalue weighted by molar-refractivity contribution is 5.81. The summed E-state index contributed by atoms with van der Waals surface area (Å²) in [5.41, 5.74) is 4.15. The van der Waals surface area contributed by atoms with E-state index in [1.165, 1.54) is 0 Å². The predicted octanol–water partition coefficient (Wildman–Crippen LogP) is 0.560. The average Bonchev–Trinajstić information content (AvgIpc) is 2.96. The number of azide groups is 1. The summed E-state index contributed by atoms with van der Waals surface area (Å²) in [6.45, 7) is 6.81. The molecule has 2 fully saturated rings. The maximum atomic E-state index is 13.5. The standard InChI is InChI=1S/C29H43N5O14/c1-16(35)32-24-22(44-18(3)37)14-29(27(41)42,28(47-21(6)40)8-12-34(13-9-28)11-7-10-31-33-30)48-26(24)25(46-20(5)39)23(45-19(4)38)15-43-17(2)36/h22-26H,7-15H2,1-6H3,(H,32,35)(H,41,42)/t22-,23+,24+,25-,26+,29+/m0/s1. The van der Waals surface area contributed by atoms with Crippen molar-refractivity contribution >= 4 is 41.7 Å². The van der Waals surface area contributed by atoms with Gasteiger partial charge in [0.1, 0.15) is 18.8 Å². The van der Waals surface area contributed by atoms with Crippen molar-refractivity contribution in [3.8, 4) is 0 Å². The van der Waals surface area contributed by atoms with Crippen molar-refractivity contribution in [1.29, 1.82) is 0 Å². The Morgan fingerprint density at radius 1 is 0.958 bits per heavy atom. The first-order valence-corrected chi connectivity index (χ1v) is 15.2. The molecule has 48 heavy (non-hydrogen) atoms. The van der Waals surface area contributed by atoms with Gasteiger partial charge in [0, 0.05) is 85.4 Å². The molecule has 0 aromatic rings. The van der Waals surface area contributed by atoms with Crippen LogP contribution in [0.1, 0.15) is 67.2 Å². The number of aliphatic carboxylic acids is 1. The molecule has 0 spiro atoms. The molecule has 2 heterocycles. The van der Waals surface area contributed by atoms with Gasteiger partial charge in [0.2, 0.25) is 11.5 Å². The molecule has 268 valence electrons. The molecule has 2 aliphatic heterocycles. The molecule has 0 bridgehead atoms. The minimum Gasteiger partial charge on any atom is -0.479 e. The number of rotatable bonds is 15. The summed E-state index contributed by atoms with van der Waals surface area (Å²) in [4.78, 5) is 92.1. The minimum absolute atomic E-state index is 0.0935. The highest BCUT2D eigenvalue weighted by Gasteiger charge is 2.68. The maximum Gasteiger partial charge on any atom is 0.340 e. The monoisotopic (exact) mass is 685 g/mol. The van der Waals surface area contributed by atoms with E-state index in [0.717, 1.165) is 41.5 Å². The SMILES string of the molecule is CC(=O)N[C@H]1[C@H]([C@@H](OC(C)=O)[C@@H](COC(C)=O)OC(C)=O)O[C@](C(=O)O)(C2(OC(C)=O)CCN(CCCN=[N+]=[N-])CC2)C[C@@H]1OC(C)=O. The van der Waals surface area contributed by atoms with Gasteiger partial charge in [0.15, 0.2) is 17.8 Å². The molecule has 0 aliphatic carbocycles. The Hall–Kier alpha value is -4.48. The van der Waals surface area contributed by atoms with Gasteiger partial charge in [-0.25, -0.2) is 4.79 Å². The molecule has 2 aliphatic rings. The molecule has 2 saturated heterocycles. The molecule has 0 radical (unpaired) electrons. The molecule has 6 atom stereocenters. The van der Waals surface area contributed by atoms with Gasteiger partial charge in [-0.15, -0.1) is 0 Å². The minimum atomic E-state index is -2.50. The summed E-state index contributed by atoms with van der Waals surface area (Å²) in [6, 6.07) is -1.42. The Bertz CT molecular complexity index is 1280. The van der Waals surface area contributed by atoms with Crippen LogP contribution in [-0.2, 0) is 62.0 Å². The number of esters is 5. The first-order valence-electron chi connectivity index (χ1n) is 15.2. The van der Waals surface area contributed by atoms with Crippen LogP contribution in [-0.4, -0.2) is 126 Å². The normalized spacial score (nSPS) is 24.8. The fourth-order valence-electron chi connectivity index (χ4n) is 6.18. The number of amides is 1. The van der Waals surface area contributed by atoms with Crippen LogP contribution < -0.4 is 5.32 Å².